The second-order valence-electron chi connectivity index (χ2n) is 5.63. The lowest BCUT2D eigenvalue weighted by molar-refractivity contribution is -0.146. The molecule has 2 bridgehead atoms. The minimum Gasteiger partial charge on any atom is -0.481 e. The van der Waals surface area contributed by atoms with Crippen LogP contribution in [0.3, 0.4) is 0 Å². The number of nitrogens with zero attached hydrogens (tertiary/aromatic N) is 3. The highest BCUT2D eigenvalue weighted by molar-refractivity contribution is 5.95. The molecule has 0 aromatic carbocycles. The minimum atomic E-state index is -0.925. The maximum absolute atomic E-state index is 12.4. The fourth-order valence-corrected chi connectivity index (χ4v) is 3.22. The van der Waals surface area contributed by atoms with Crippen LogP contribution < -0.4 is 5.32 Å². The van der Waals surface area contributed by atoms with Crippen molar-refractivity contribution in [3.8, 4) is 0 Å². The Kier molecular flexibility index (Phi) is 3.19. The molecule has 2 aliphatic rings. The van der Waals surface area contributed by atoms with Crippen LogP contribution in [-0.2, 0) is 9.59 Å². The van der Waals surface area contributed by atoms with E-state index < -0.39 is 17.8 Å². The van der Waals surface area contributed by atoms with E-state index in [0.717, 1.165) is 6.42 Å². The first-order valence-corrected chi connectivity index (χ1v) is 6.87. The van der Waals surface area contributed by atoms with Crippen molar-refractivity contribution in [2.45, 2.75) is 20.3 Å². The van der Waals surface area contributed by atoms with Gasteiger partial charge in [0.25, 0.3) is 0 Å². The van der Waals surface area contributed by atoms with Crippen LogP contribution >= 0.6 is 0 Å². The van der Waals surface area contributed by atoms with E-state index >= 15 is 0 Å². The summed E-state index contributed by atoms with van der Waals surface area (Å²) in [6.07, 6.45) is 4.57. The van der Waals surface area contributed by atoms with E-state index in [9.17, 15) is 14.7 Å². The van der Waals surface area contributed by atoms with E-state index in [1.165, 1.54) is 0 Å². The summed E-state index contributed by atoms with van der Waals surface area (Å²) in [5, 5.41) is 19.7. The number of aryl methyl sites for hydroxylation is 2. The molecule has 21 heavy (non-hydrogen) atoms. The zero-order chi connectivity index (χ0) is 15.1. The molecule has 2 N–H and O–H groups in total. The molecule has 1 fully saturated rings. The van der Waals surface area contributed by atoms with Crippen LogP contribution in [0.2, 0.25) is 0 Å². The van der Waals surface area contributed by atoms with Gasteiger partial charge in [0.15, 0.2) is 0 Å². The Balaban J connectivity index is 1.80. The summed E-state index contributed by atoms with van der Waals surface area (Å²) in [5.41, 5.74) is 1.38. The van der Waals surface area contributed by atoms with Gasteiger partial charge in [-0.25, -0.2) is 4.98 Å². The number of anilines is 1. The molecule has 1 aromatic heterocycles. The van der Waals surface area contributed by atoms with Gasteiger partial charge in [-0.2, -0.15) is 5.10 Å². The lowest BCUT2D eigenvalue weighted by Crippen LogP contribution is -2.36. The Bertz CT molecular complexity index is 643. The van der Waals surface area contributed by atoms with E-state index in [-0.39, 0.29) is 23.7 Å². The average molecular weight is 288 g/mol. The number of carboxylic acid groups (broad SMARTS) is 1. The summed E-state index contributed by atoms with van der Waals surface area (Å²) in [5.74, 6) is -2.45. The maximum Gasteiger partial charge on any atom is 0.307 e. The molecule has 1 saturated carbocycles. The maximum atomic E-state index is 12.4. The zero-order valence-corrected chi connectivity index (χ0v) is 11.8. The molecular weight excluding hydrogens is 272 g/mol. The number of rotatable bonds is 3. The Morgan fingerprint density at radius 3 is 2.43 bits per heavy atom. The second kappa shape index (κ2) is 4.91. The molecule has 110 valence electrons. The second-order valence-corrected chi connectivity index (χ2v) is 5.63. The van der Waals surface area contributed by atoms with E-state index in [0.29, 0.717) is 11.4 Å². The molecule has 4 unspecified atom stereocenters. The Hall–Kier alpha value is -2.31. The van der Waals surface area contributed by atoms with Crippen molar-refractivity contribution in [3.05, 3.63) is 23.5 Å². The lowest BCUT2D eigenvalue weighted by atomic mass is 9.82. The van der Waals surface area contributed by atoms with Gasteiger partial charge in [0.05, 0.1) is 23.2 Å². The quantitative estimate of drug-likeness (QED) is 0.802. The Labute approximate surface area is 121 Å². The fourth-order valence-electron chi connectivity index (χ4n) is 3.22. The SMILES string of the molecule is Cc1nnc(NC(=O)C2C3C=CC(C3)C2C(=O)O)nc1C. The number of aromatic nitrogens is 3. The number of amides is 1. The van der Waals surface area contributed by atoms with Crippen molar-refractivity contribution >= 4 is 17.8 Å². The van der Waals surface area contributed by atoms with Crippen molar-refractivity contribution in [1.82, 2.24) is 15.2 Å². The van der Waals surface area contributed by atoms with Gasteiger partial charge in [-0.3, -0.25) is 14.9 Å². The van der Waals surface area contributed by atoms with E-state index in [1.54, 1.807) is 13.8 Å². The topological polar surface area (TPSA) is 105 Å². The van der Waals surface area contributed by atoms with Gasteiger partial charge in [-0.15, -0.1) is 5.10 Å². The molecule has 1 aromatic rings. The molecule has 0 aliphatic heterocycles. The van der Waals surface area contributed by atoms with Crippen molar-refractivity contribution in [1.29, 1.82) is 0 Å². The summed E-state index contributed by atoms with van der Waals surface area (Å²) >= 11 is 0. The number of hydrogen-bond donors (Lipinski definition) is 2. The van der Waals surface area contributed by atoms with Crippen molar-refractivity contribution in [3.63, 3.8) is 0 Å². The van der Waals surface area contributed by atoms with Gasteiger partial charge in [-0.05, 0) is 32.1 Å². The van der Waals surface area contributed by atoms with Gasteiger partial charge in [-0.1, -0.05) is 12.2 Å². The predicted molar refractivity (Wildman–Crippen MR) is 73.3 cm³/mol. The van der Waals surface area contributed by atoms with Crippen LogP contribution in [0.5, 0.6) is 0 Å². The lowest BCUT2D eigenvalue weighted by Gasteiger charge is -2.23. The first-order valence-electron chi connectivity index (χ1n) is 6.87. The number of carbonyl (C=O) groups is 2. The molecule has 2 aliphatic carbocycles. The third kappa shape index (κ3) is 2.28. The van der Waals surface area contributed by atoms with Crippen LogP contribution in [0.4, 0.5) is 5.95 Å². The zero-order valence-electron chi connectivity index (χ0n) is 11.8. The van der Waals surface area contributed by atoms with Crippen molar-refractivity contribution in [2.24, 2.45) is 23.7 Å². The summed E-state index contributed by atoms with van der Waals surface area (Å²) in [6, 6.07) is 0. The fraction of sp³-hybridized carbons (Fsp3) is 0.500. The smallest absolute Gasteiger partial charge is 0.307 e. The van der Waals surface area contributed by atoms with Crippen LogP contribution in [0.15, 0.2) is 12.2 Å². The van der Waals surface area contributed by atoms with Crippen LogP contribution in [0, 0.1) is 37.5 Å². The van der Waals surface area contributed by atoms with Gasteiger partial charge >= 0.3 is 5.97 Å². The molecule has 7 nitrogen and oxygen atoms in total. The van der Waals surface area contributed by atoms with Crippen molar-refractivity contribution in [2.75, 3.05) is 5.32 Å². The largest absolute Gasteiger partial charge is 0.481 e. The molecule has 1 heterocycles. The Morgan fingerprint density at radius 1 is 1.14 bits per heavy atom. The Morgan fingerprint density at radius 2 is 1.81 bits per heavy atom. The molecular formula is C14H16N4O3. The highest BCUT2D eigenvalue weighted by Gasteiger charge is 2.51. The molecule has 0 spiro atoms. The molecule has 4 atom stereocenters. The molecule has 7 heteroatoms. The number of carboxylic acids is 1. The number of hydrogen-bond acceptors (Lipinski definition) is 5. The average Bonchev–Trinajstić information content (AvgIpc) is 3.03. The summed E-state index contributed by atoms with van der Waals surface area (Å²) in [7, 11) is 0. The van der Waals surface area contributed by atoms with Crippen LogP contribution in [0.1, 0.15) is 17.8 Å². The van der Waals surface area contributed by atoms with E-state index in [4.69, 9.17) is 0 Å². The van der Waals surface area contributed by atoms with Gasteiger partial charge in [0.1, 0.15) is 0 Å². The van der Waals surface area contributed by atoms with Crippen LogP contribution in [-0.4, -0.2) is 32.2 Å². The molecule has 1 amide bonds. The first kappa shape index (κ1) is 13.7. The van der Waals surface area contributed by atoms with E-state index in [2.05, 4.69) is 20.5 Å². The van der Waals surface area contributed by atoms with Gasteiger partial charge in [0, 0.05) is 0 Å². The van der Waals surface area contributed by atoms with Crippen molar-refractivity contribution < 1.29 is 14.7 Å². The number of fused-ring (bicyclic) bond motifs is 2. The molecule has 0 saturated heterocycles. The molecule has 0 radical (unpaired) electrons. The van der Waals surface area contributed by atoms with Crippen LogP contribution in [0.25, 0.3) is 0 Å². The highest BCUT2D eigenvalue weighted by Crippen LogP contribution is 2.48. The number of aliphatic carboxylic acids is 1. The number of allylic oxidation sites excluding steroid dienone is 2. The normalized spacial score (nSPS) is 29.6. The summed E-state index contributed by atoms with van der Waals surface area (Å²) in [6.45, 7) is 3.56. The number of carbonyl (C=O) groups excluding carboxylic acids is 1. The highest BCUT2D eigenvalue weighted by atomic mass is 16.4. The third-order valence-corrected chi connectivity index (χ3v) is 4.37. The molecule has 3 rings (SSSR count). The van der Waals surface area contributed by atoms with Gasteiger partial charge in [0.2, 0.25) is 11.9 Å². The van der Waals surface area contributed by atoms with Gasteiger partial charge < -0.3 is 5.11 Å². The minimum absolute atomic E-state index is 0.0180. The third-order valence-electron chi connectivity index (χ3n) is 4.37. The standard InChI is InChI=1S/C14H16N4O3/c1-6-7(2)17-18-14(15-6)16-12(19)10-8-3-4-9(5-8)11(10)13(20)21/h3-4,8-11H,5H2,1-2H3,(H,20,21)(H,15,16,18,19). The summed E-state index contributed by atoms with van der Waals surface area (Å²) in [4.78, 5) is 27.9. The summed E-state index contributed by atoms with van der Waals surface area (Å²) < 4.78 is 0. The number of nitrogens with one attached hydrogen (secondary N) is 1. The first-order chi connectivity index (χ1) is 9.97. The monoisotopic (exact) mass is 288 g/mol. The van der Waals surface area contributed by atoms with E-state index in [1.807, 2.05) is 12.2 Å². The predicted octanol–water partition coefficient (Wildman–Crippen LogP) is 0.950.